The smallest absolute Gasteiger partial charge is 0.191 e. The van der Waals surface area contributed by atoms with E-state index < -0.39 is 0 Å². The molecule has 1 unspecified atom stereocenters. The first-order valence-corrected chi connectivity index (χ1v) is 7.83. The molecule has 0 aromatic heterocycles. The summed E-state index contributed by atoms with van der Waals surface area (Å²) in [5.41, 5.74) is 5.96. The average molecular weight is 273 g/mol. The van der Waals surface area contributed by atoms with Gasteiger partial charge in [-0.3, -0.25) is 4.99 Å². The molecule has 5 nitrogen and oxygen atoms in total. The Kier molecular flexibility index (Phi) is 6.10. The van der Waals surface area contributed by atoms with Gasteiger partial charge in [-0.1, -0.05) is 0 Å². The predicted molar refractivity (Wildman–Crippen MR) is 75.2 cm³/mol. The second kappa shape index (κ2) is 7.86. The molecule has 2 aliphatic rings. The lowest BCUT2D eigenvalue weighted by atomic mass is 10.3. The van der Waals surface area contributed by atoms with Gasteiger partial charge < -0.3 is 20.1 Å². The zero-order chi connectivity index (χ0) is 12.6. The number of nitrogens with zero attached hydrogens (tertiary/aromatic N) is 2. The molecule has 2 aliphatic heterocycles. The second-order valence-corrected chi connectivity index (χ2v) is 5.77. The molecule has 0 amide bonds. The molecule has 2 rings (SSSR count). The van der Waals surface area contributed by atoms with E-state index in [2.05, 4.69) is 9.89 Å². The van der Waals surface area contributed by atoms with Crippen molar-refractivity contribution in [3.05, 3.63) is 0 Å². The van der Waals surface area contributed by atoms with Crippen LogP contribution in [-0.2, 0) is 9.47 Å². The van der Waals surface area contributed by atoms with Crippen LogP contribution in [0, 0.1) is 0 Å². The van der Waals surface area contributed by atoms with Crippen molar-refractivity contribution in [1.82, 2.24) is 4.90 Å². The van der Waals surface area contributed by atoms with Crippen LogP contribution in [0.15, 0.2) is 4.99 Å². The van der Waals surface area contributed by atoms with Crippen molar-refractivity contribution in [3.8, 4) is 0 Å². The molecule has 0 aliphatic carbocycles. The van der Waals surface area contributed by atoms with Gasteiger partial charge in [0.2, 0.25) is 0 Å². The first-order valence-electron chi connectivity index (χ1n) is 6.68. The monoisotopic (exact) mass is 273 g/mol. The summed E-state index contributed by atoms with van der Waals surface area (Å²) in [6.45, 7) is 5.13. The fourth-order valence-corrected chi connectivity index (χ4v) is 2.95. The molecular formula is C12H23N3O2S. The first-order chi connectivity index (χ1) is 8.86. The van der Waals surface area contributed by atoms with Crippen molar-refractivity contribution in [2.45, 2.75) is 18.9 Å². The topological polar surface area (TPSA) is 60.1 Å². The summed E-state index contributed by atoms with van der Waals surface area (Å²) in [6, 6.07) is 0. The van der Waals surface area contributed by atoms with Crippen molar-refractivity contribution in [2.24, 2.45) is 10.7 Å². The summed E-state index contributed by atoms with van der Waals surface area (Å²) in [6.07, 6.45) is 2.25. The summed E-state index contributed by atoms with van der Waals surface area (Å²) < 4.78 is 10.9. The van der Waals surface area contributed by atoms with Crippen molar-refractivity contribution in [2.75, 3.05) is 51.0 Å². The fourth-order valence-electron chi connectivity index (χ4n) is 2.04. The largest absolute Gasteiger partial charge is 0.379 e. The van der Waals surface area contributed by atoms with E-state index in [-0.39, 0.29) is 0 Å². The highest BCUT2D eigenvalue weighted by Crippen LogP contribution is 2.09. The molecule has 0 spiro atoms. The van der Waals surface area contributed by atoms with Gasteiger partial charge in [0.15, 0.2) is 5.96 Å². The van der Waals surface area contributed by atoms with E-state index >= 15 is 0 Å². The summed E-state index contributed by atoms with van der Waals surface area (Å²) in [5.74, 6) is 3.00. The van der Waals surface area contributed by atoms with E-state index in [1.165, 1.54) is 0 Å². The van der Waals surface area contributed by atoms with Crippen molar-refractivity contribution >= 4 is 17.7 Å². The molecule has 2 N–H and O–H groups in total. The van der Waals surface area contributed by atoms with Crippen LogP contribution in [0.3, 0.4) is 0 Å². The second-order valence-electron chi connectivity index (χ2n) is 4.55. The minimum atomic E-state index is 0.297. The van der Waals surface area contributed by atoms with Gasteiger partial charge in [-0.05, 0) is 12.8 Å². The maximum absolute atomic E-state index is 5.96. The molecule has 2 fully saturated rings. The maximum Gasteiger partial charge on any atom is 0.191 e. The van der Waals surface area contributed by atoms with Crippen LogP contribution >= 0.6 is 11.8 Å². The molecular weight excluding hydrogens is 250 g/mol. The Balaban J connectivity index is 1.55. The van der Waals surface area contributed by atoms with Crippen LogP contribution in [0.4, 0.5) is 0 Å². The standard InChI is InChI=1S/C12H23N3O2S/c13-12(15-4-8-18-9-5-15)14-3-1-6-17-11-2-7-16-10-11/h11H,1-10H2,(H2,13,14). The Hall–Kier alpha value is -0.460. The number of rotatable bonds is 5. The van der Waals surface area contributed by atoms with E-state index in [0.29, 0.717) is 12.1 Å². The number of aliphatic imine (C=N–C) groups is 1. The van der Waals surface area contributed by atoms with Crippen LogP contribution in [0.5, 0.6) is 0 Å². The normalized spacial score (nSPS) is 25.7. The Labute approximate surface area is 113 Å². The van der Waals surface area contributed by atoms with Crippen molar-refractivity contribution < 1.29 is 9.47 Å². The Morgan fingerprint density at radius 1 is 1.44 bits per heavy atom. The molecule has 18 heavy (non-hydrogen) atoms. The predicted octanol–water partition coefficient (Wildman–Crippen LogP) is 0.546. The Morgan fingerprint density at radius 3 is 3.00 bits per heavy atom. The summed E-state index contributed by atoms with van der Waals surface area (Å²) in [7, 11) is 0. The lowest BCUT2D eigenvalue weighted by Crippen LogP contribution is -2.42. The van der Waals surface area contributed by atoms with Gasteiger partial charge in [-0.15, -0.1) is 0 Å². The van der Waals surface area contributed by atoms with E-state index in [1.54, 1.807) is 0 Å². The molecule has 0 saturated carbocycles. The van der Waals surface area contributed by atoms with E-state index in [4.69, 9.17) is 15.2 Å². The number of ether oxygens (including phenoxy) is 2. The third kappa shape index (κ3) is 4.66. The van der Waals surface area contributed by atoms with Crippen LogP contribution < -0.4 is 5.73 Å². The molecule has 0 radical (unpaired) electrons. The summed E-state index contributed by atoms with van der Waals surface area (Å²) >= 11 is 1.98. The van der Waals surface area contributed by atoms with E-state index in [9.17, 15) is 0 Å². The quantitative estimate of drug-likeness (QED) is 0.450. The van der Waals surface area contributed by atoms with Gasteiger partial charge in [-0.25, -0.2) is 0 Å². The molecule has 0 bridgehead atoms. The van der Waals surface area contributed by atoms with Gasteiger partial charge in [0.1, 0.15) is 0 Å². The average Bonchev–Trinajstić information content (AvgIpc) is 2.92. The lowest BCUT2D eigenvalue weighted by molar-refractivity contribution is 0.0424. The minimum Gasteiger partial charge on any atom is -0.379 e. The van der Waals surface area contributed by atoms with Crippen molar-refractivity contribution in [1.29, 1.82) is 0 Å². The molecule has 6 heteroatoms. The number of hydrogen-bond acceptors (Lipinski definition) is 4. The van der Waals surface area contributed by atoms with Crippen LogP contribution in [0.2, 0.25) is 0 Å². The molecule has 104 valence electrons. The van der Waals surface area contributed by atoms with Gasteiger partial charge in [0.05, 0.1) is 12.7 Å². The zero-order valence-electron chi connectivity index (χ0n) is 10.8. The Morgan fingerprint density at radius 2 is 2.28 bits per heavy atom. The summed E-state index contributed by atoms with van der Waals surface area (Å²) in [4.78, 5) is 6.58. The molecule has 2 heterocycles. The zero-order valence-corrected chi connectivity index (χ0v) is 11.7. The Bertz CT molecular complexity index is 264. The third-order valence-corrected chi connectivity index (χ3v) is 4.10. The molecule has 1 atom stereocenters. The first kappa shape index (κ1) is 14.0. The van der Waals surface area contributed by atoms with Gasteiger partial charge >= 0.3 is 0 Å². The van der Waals surface area contributed by atoms with Gasteiger partial charge in [-0.2, -0.15) is 11.8 Å². The molecule has 0 aromatic carbocycles. The van der Waals surface area contributed by atoms with E-state index in [1.807, 2.05) is 11.8 Å². The van der Waals surface area contributed by atoms with Crippen LogP contribution in [0.25, 0.3) is 0 Å². The van der Waals surface area contributed by atoms with Crippen LogP contribution in [-0.4, -0.2) is 67.9 Å². The number of nitrogens with two attached hydrogens (primary N) is 1. The lowest BCUT2D eigenvalue weighted by Gasteiger charge is -2.27. The SMILES string of the molecule is NC(=NCCCOC1CCOC1)N1CCSCC1. The number of hydrogen-bond donors (Lipinski definition) is 1. The van der Waals surface area contributed by atoms with Gasteiger partial charge in [0.25, 0.3) is 0 Å². The van der Waals surface area contributed by atoms with Gasteiger partial charge in [0, 0.05) is 44.4 Å². The number of guanidine groups is 1. The maximum atomic E-state index is 5.96. The molecule has 0 aromatic rings. The fraction of sp³-hybridized carbons (Fsp3) is 0.917. The highest BCUT2D eigenvalue weighted by atomic mass is 32.2. The molecule has 2 saturated heterocycles. The van der Waals surface area contributed by atoms with E-state index in [0.717, 1.165) is 63.8 Å². The number of thioether (sulfide) groups is 1. The highest BCUT2D eigenvalue weighted by Gasteiger charge is 2.15. The van der Waals surface area contributed by atoms with Crippen LogP contribution in [0.1, 0.15) is 12.8 Å². The third-order valence-electron chi connectivity index (χ3n) is 3.15. The summed E-state index contributed by atoms with van der Waals surface area (Å²) in [5, 5.41) is 0. The van der Waals surface area contributed by atoms with Crippen molar-refractivity contribution in [3.63, 3.8) is 0 Å². The minimum absolute atomic E-state index is 0.297. The highest BCUT2D eigenvalue weighted by molar-refractivity contribution is 7.99.